The number of thiophene rings is 1. The highest BCUT2D eigenvalue weighted by atomic mass is 32.1. The summed E-state index contributed by atoms with van der Waals surface area (Å²) in [5.41, 5.74) is 2.11. The van der Waals surface area contributed by atoms with Crippen molar-refractivity contribution in [1.29, 1.82) is 0 Å². The van der Waals surface area contributed by atoms with Crippen molar-refractivity contribution >= 4 is 29.2 Å². The molecule has 176 valence electrons. The van der Waals surface area contributed by atoms with E-state index in [4.69, 9.17) is 18.9 Å². The van der Waals surface area contributed by atoms with Crippen LogP contribution in [-0.2, 0) is 4.79 Å². The van der Waals surface area contributed by atoms with Crippen LogP contribution in [0.3, 0.4) is 0 Å². The van der Waals surface area contributed by atoms with Gasteiger partial charge in [0.15, 0.2) is 29.6 Å². The Morgan fingerprint density at radius 3 is 2.44 bits per heavy atom. The molecule has 0 aliphatic carbocycles. The van der Waals surface area contributed by atoms with Crippen LogP contribution in [0.25, 0.3) is 0 Å². The molecule has 2 heterocycles. The lowest BCUT2D eigenvalue weighted by Crippen LogP contribution is -2.31. The second-order valence-electron chi connectivity index (χ2n) is 7.41. The molecule has 1 aliphatic heterocycles. The Balaban J connectivity index is 1.61. The van der Waals surface area contributed by atoms with Crippen molar-refractivity contribution in [2.45, 2.75) is 12.5 Å². The average Bonchev–Trinajstić information content (AvgIpc) is 3.57. The normalized spacial score (nSPS) is 15.0. The zero-order valence-electron chi connectivity index (χ0n) is 19.0. The number of hydrogen-bond donors (Lipinski definition) is 0. The highest BCUT2D eigenvalue weighted by Crippen LogP contribution is 2.38. The molecule has 8 nitrogen and oxygen atoms in total. The predicted octanol–water partition coefficient (Wildman–Crippen LogP) is 4.34. The largest absolute Gasteiger partial charge is 0.493 e. The van der Waals surface area contributed by atoms with Gasteiger partial charge in [0.05, 0.1) is 38.0 Å². The third-order valence-corrected chi connectivity index (χ3v) is 6.36. The van der Waals surface area contributed by atoms with Gasteiger partial charge in [0.25, 0.3) is 5.91 Å². The lowest BCUT2D eigenvalue weighted by Gasteiger charge is -2.23. The van der Waals surface area contributed by atoms with Gasteiger partial charge in [-0.05, 0) is 47.3 Å². The average molecular weight is 481 g/mol. The number of hydrazone groups is 1. The van der Waals surface area contributed by atoms with Crippen molar-refractivity contribution in [3.63, 3.8) is 0 Å². The van der Waals surface area contributed by atoms with E-state index in [2.05, 4.69) is 5.10 Å². The summed E-state index contributed by atoms with van der Waals surface area (Å²) in [5.74, 6) is 1.59. The van der Waals surface area contributed by atoms with Crippen molar-refractivity contribution in [3.05, 3.63) is 69.9 Å². The van der Waals surface area contributed by atoms with E-state index in [9.17, 15) is 9.59 Å². The molecule has 34 heavy (non-hydrogen) atoms. The van der Waals surface area contributed by atoms with E-state index in [0.29, 0.717) is 41.3 Å². The van der Waals surface area contributed by atoms with E-state index in [0.717, 1.165) is 16.2 Å². The molecule has 0 bridgehead atoms. The van der Waals surface area contributed by atoms with Crippen molar-refractivity contribution in [1.82, 2.24) is 5.01 Å². The fourth-order valence-electron chi connectivity index (χ4n) is 3.74. The van der Waals surface area contributed by atoms with Crippen molar-refractivity contribution in [3.8, 4) is 23.0 Å². The molecule has 1 amide bonds. The number of benzene rings is 2. The topological polar surface area (TPSA) is 86.7 Å². The fourth-order valence-corrected chi connectivity index (χ4v) is 4.46. The third kappa shape index (κ3) is 4.74. The number of carbonyl (C=O) groups excluding carboxylic acids is 2. The Morgan fingerprint density at radius 2 is 1.76 bits per heavy atom. The maximum atomic E-state index is 13.3. The Kier molecular flexibility index (Phi) is 7.12. The quantitative estimate of drug-likeness (QED) is 0.424. The van der Waals surface area contributed by atoms with Crippen LogP contribution in [0.2, 0.25) is 0 Å². The number of hydrogen-bond acceptors (Lipinski definition) is 8. The lowest BCUT2D eigenvalue weighted by molar-refractivity contribution is -0.135. The molecule has 4 rings (SSSR count). The minimum atomic E-state index is -0.337. The summed E-state index contributed by atoms with van der Waals surface area (Å²) in [4.78, 5) is 25.4. The second kappa shape index (κ2) is 10.4. The minimum absolute atomic E-state index is 0.274. The van der Waals surface area contributed by atoms with Crippen LogP contribution in [-0.4, -0.2) is 50.9 Å². The zero-order valence-corrected chi connectivity index (χ0v) is 19.8. The number of amides is 1. The van der Waals surface area contributed by atoms with Gasteiger partial charge in [-0.15, -0.1) is 11.3 Å². The molecule has 0 spiro atoms. The summed E-state index contributed by atoms with van der Waals surface area (Å²) in [6, 6.07) is 13.9. The molecule has 0 radical (unpaired) electrons. The summed E-state index contributed by atoms with van der Waals surface area (Å²) in [6.07, 6.45) is 1.25. The lowest BCUT2D eigenvalue weighted by atomic mass is 10.0. The summed E-state index contributed by atoms with van der Waals surface area (Å²) in [6.45, 7) is -0.274. The molecule has 1 aliphatic rings. The number of ether oxygens (including phenoxy) is 4. The minimum Gasteiger partial charge on any atom is -0.493 e. The van der Waals surface area contributed by atoms with E-state index < -0.39 is 0 Å². The van der Waals surface area contributed by atoms with Crippen LogP contribution in [0.4, 0.5) is 0 Å². The summed E-state index contributed by atoms with van der Waals surface area (Å²) < 4.78 is 21.8. The third-order valence-electron chi connectivity index (χ3n) is 5.44. The second-order valence-corrected chi connectivity index (χ2v) is 8.36. The molecule has 1 atom stereocenters. The monoisotopic (exact) mass is 480 g/mol. The smallest absolute Gasteiger partial charge is 0.281 e. The van der Waals surface area contributed by atoms with E-state index in [1.165, 1.54) is 18.2 Å². The van der Waals surface area contributed by atoms with Gasteiger partial charge in [0.2, 0.25) is 0 Å². The number of aldehydes is 1. The molecule has 1 aromatic heterocycles. The van der Waals surface area contributed by atoms with Crippen LogP contribution < -0.4 is 18.9 Å². The molecule has 0 fully saturated rings. The molecule has 0 saturated carbocycles. The van der Waals surface area contributed by atoms with Crippen LogP contribution >= 0.6 is 11.3 Å². The van der Waals surface area contributed by atoms with Crippen molar-refractivity contribution < 1.29 is 28.5 Å². The maximum absolute atomic E-state index is 13.3. The van der Waals surface area contributed by atoms with Gasteiger partial charge in [-0.1, -0.05) is 12.1 Å². The summed E-state index contributed by atoms with van der Waals surface area (Å²) in [5, 5.41) is 8.07. The van der Waals surface area contributed by atoms with Gasteiger partial charge >= 0.3 is 0 Å². The van der Waals surface area contributed by atoms with E-state index >= 15 is 0 Å². The van der Waals surface area contributed by atoms with Gasteiger partial charge in [-0.25, -0.2) is 5.01 Å². The first-order valence-corrected chi connectivity index (χ1v) is 11.4. The van der Waals surface area contributed by atoms with Crippen molar-refractivity contribution in [2.24, 2.45) is 5.10 Å². The van der Waals surface area contributed by atoms with Gasteiger partial charge < -0.3 is 18.9 Å². The molecule has 2 aromatic carbocycles. The van der Waals surface area contributed by atoms with E-state index in [1.807, 2.05) is 35.7 Å². The Bertz CT molecular complexity index is 1210. The van der Waals surface area contributed by atoms with Gasteiger partial charge in [-0.3, -0.25) is 9.59 Å². The highest BCUT2D eigenvalue weighted by Gasteiger charge is 2.34. The SMILES string of the molecule is COc1ccc(C2CC(c3cccs3)=NN2C(=O)COc2cc(C=O)ccc2OC)cc1OC. The molecule has 1 unspecified atom stereocenters. The maximum Gasteiger partial charge on any atom is 0.281 e. The van der Waals surface area contributed by atoms with Crippen LogP contribution in [0.5, 0.6) is 23.0 Å². The number of methoxy groups -OCH3 is 3. The summed E-state index contributed by atoms with van der Waals surface area (Å²) >= 11 is 1.57. The highest BCUT2D eigenvalue weighted by molar-refractivity contribution is 7.12. The molecule has 3 aromatic rings. The zero-order chi connectivity index (χ0) is 24.1. The van der Waals surface area contributed by atoms with Gasteiger partial charge in [-0.2, -0.15) is 5.10 Å². The number of nitrogens with zero attached hydrogens (tertiary/aromatic N) is 2. The van der Waals surface area contributed by atoms with Gasteiger partial charge in [0, 0.05) is 12.0 Å². The Labute approximate surface area is 201 Å². The first-order valence-electron chi connectivity index (χ1n) is 10.5. The molecular weight excluding hydrogens is 456 g/mol. The van der Waals surface area contributed by atoms with Crippen LogP contribution in [0.1, 0.15) is 33.3 Å². The number of carbonyl (C=O) groups is 2. The molecule has 0 saturated heterocycles. The van der Waals surface area contributed by atoms with Crippen LogP contribution in [0, 0.1) is 0 Å². The number of rotatable bonds is 9. The Morgan fingerprint density at radius 1 is 1.03 bits per heavy atom. The van der Waals surface area contributed by atoms with Gasteiger partial charge in [0.1, 0.15) is 6.29 Å². The predicted molar refractivity (Wildman–Crippen MR) is 128 cm³/mol. The fraction of sp³-hybridized carbons (Fsp3) is 0.240. The standard InChI is InChI=1S/C25H24N2O6S/c1-30-20-9-7-17(12-22(20)32-3)19-13-18(24-5-4-10-34-24)26-27(19)25(29)15-33-23-11-16(14-28)6-8-21(23)31-2/h4-12,14,19H,13,15H2,1-3H3. The van der Waals surface area contributed by atoms with E-state index in [1.54, 1.807) is 37.7 Å². The van der Waals surface area contributed by atoms with E-state index in [-0.39, 0.29) is 18.6 Å². The first kappa shape index (κ1) is 23.3. The summed E-state index contributed by atoms with van der Waals surface area (Å²) in [7, 11) is 4.64. The van der Waals surface area contributed by atoms with Crippen molar-refractivity contribution in [2.75, 3.05) is 27.9 Å². The Hall–Kier alpha value is -3.85. The van der Waals surface area contributed by atoms with Crippen LogP contribution in [0.15, 0.2) is 59.0 Å². The first-order chi connectivity index (χ1) is 16.6. The molecular formula is C25H24N2O6S. The molecule has 0 N–H and O–H groups in total. The molecule has 9 heteroatoms.